The second kappa shape index (κ2) is 7.19. The molecule has 0 saturated carbocycles. The van der Waals surface area contributed by atoms with Gasteiger partial charge in [-0.15, -0.1) is 11.3 Å². The van der Waals surface area contributed by atoms with Gasteiger partial charge in [-0.25, -0.2) is 9.37 Å². The lowest BCUT2D eigenvalue weighted by Gasteiger charge is -2.02. The lowest BCUT2D eigenvalue weighted by molar-refractivity contribution is -0.121. The Labute approximate surface area is 137 Å². The van der Waals surface area contributed by atoms with Crippen LogP contribution in [0.5, 0.6) is 0 Å². The van der Waals surface area contributed by atoms with Crippen molar-refractivity contribution >= 4 is 17.2 Å². The van der Waals surface area contributed by atoms with E-state index in [0.717, 1.165) is 10.4 Å². The second-order valence-corrected chi connectivity index (χ2v) is 6.01. The number of nitrogens with zero attached hydrogens (tertiary/aromatic N) is 1. The zero-order chi connectivity index (χ0) is 16.1. The van der Waals surface area contributed by atoms with Crippen LogP contribution < -0.4 is 5.32 Å². The van der Waals surface area contributed by atoms with Crippen molar-refractivity contribution in [1.29, 1.82) is 0 Å². The summed E-state index contributed by atoms with van der Waals surface area (Å²) in [5, 5.41) is 4.84. The van der Waals surface area contributed by atoms with Crippen molar-refractivity contribution in [3.63, 3.8) is 0 Å². The fraction of sp³-hybridized carbons (Fsp3) is 0.176. The molecular formula is C17H15FN2O2S. The Bertz CT molecular complexity index is 766. The quantitative estimate of drug-likeness (QED) is 0.748. The Morgan fingerprint density at radius 2 is 2.09 bits per heavy atom. The molecule has 0 aliphatic rings. The predicted molar refractivity (Wildman–Crippen MR) is 86.4 cm³/mol. The number of rotatable bonds is 6. The summed E-state index contributed by atoms with van der Waals surface area (Å²) in [7, 11) is 0. The van der Waals surface area contributed by atoms with Crippen molar-refractivity contribution in [2.45, 2.75) is 19.4 Å². The Hall–Kier alpha value is -2.47. The number of carbonyl (C=O) groups excluding carboxylic acids is 1. The first-order valence-electron chi connectivity index (χ1n) is 7.20. The highest BCUT2D eigenvalue weighted by Crippen LogP contribution is 2.21. The van der Waals surface area contributed by atoms with E-state index < -0.39 is 0 Å². The van der Waals surface area contributed by atoms with Crippen molar-refractivity contribution in [3.8, 4) is 11.3 Å². The third kappa shape index (κ3) is 4.26. The van der Waals surface area contributed by atoms with E-state index in [1.165, 1.54) is 12.1 Å². The average Bonchev–Trinajstić information content (AvgIpc) is 3.23. The molecule has 0 aliphatic heterocycles. The van der Waals surface area contributed by atoms with Gasteiger partial charge in [0.05, 0.1) is 12.7 Å². The number of aromatic nitrogens is 1. The van der Waals surface area contributed by atoms with Crippen LogP contribution in [0.2, 0.25) is 0 Å². The summed E-state index contributed by atoms with van der Waals surface area (Å²) in [5.74, 6) is 0.727. The molecule has 1 amide bonds. The molecule has 4 nitrogen and oxygen atoms in total. The number of hydrogen-bond acceptors (Lipinski definition) is 4. The van der Waals surface area contributed by atoms with E-state index in [2.05, 4.69) is 10.3 Å². The minimum atomic E-state index is -0.295. The summed E-state index contributed by atoms with van der Waals surface area (Å²) in [6.45, 7) is 0.545. The monoisotopic (exact) mass is 330 g/mol. The molecule has 1 aromatic carbocycles. The van der Waals surface area contributed by atoms with Crippen LogP contribution in [-0.4, -0.2) is 10.9 Å². The predicted octanol–water partition coefficient (Wildman–Crippen LogP) is 3.79. The number of oxazole rings is 1. The molecule has 0 fully saturated rings. The number of hydrogen-bond donors (Lipinski definition) is 1. The Morgan fingerprint density at radius 3 is 2.83 bits per heavy atom. The smallest absolute Gasteiger partial charge is 0.220 e. The Morgan fingerprint density at radius 1 is 1.26 bits per heavy atom. The van der Waals surface area contributed by atoms with Crippen molar-refractivity contribution in [3.05, 3.63) is 64.6 Å². The van der Waals surface area contributed by atoms with Gasteiger partial charge < -0.3 is 9.73 Å². The Balaban J connectivity index is 1.50. The number of aryl methyl sites for hydroxylation is 1. The van der Waals surface area contributed by atoms with Gasteiger partial charge in [0.2, 0.25) is 5.91 Å². The minimum Gasteiger partial charge on any atom is -0.441 e. The fourth-order valence-corrected chi connectivity index (χ4v) is 2.73. The molecule has 0 spiro atoms. The van der Waals surface area contributed by atoms with Gasteiger partial charge in [-0.3, -0.25) is 4.79 Å². The molecular weight excluding hydrogens is 315 g/mol. The van der Waals surface area contributed by atoms with E-state index in [1.54, 1.807) is 29.7 Å². The summed E-state index contributed by atoms with van der Waals surface area (Å²) in [5.41, 5.74) is 0.757. The van der Waals surface area contributed by atoms with Crippen LogP contribution in [0.25, 0.3) is 11.3 Å². The molecule has 23 heavy (non-hydrogen) atoms. The number of nitrogens with one attached hydrogen (secondary N) is 1. The molecule has 118 valence electrons. The zero-order valence-corrected chi connectivity index (χ0v) is 13.1. The topological polar surface area (TPSA) is 55.1 Å². The minimum absolute atomic E-state index is 0.0417. The van der Waals surface area contributed by atoms with Crippen LogP contribution in [0.3, 0.4) is 0 Å². The van der Waals surface area contributed by atoms with E-state index >= 15 is 0 Å². The van der Waals surface area contributed by atoms with E-state index in [-0.39, 0.29) is 11.7 Å². The lowest BCUT2D eigenvalue weighted by Crippen LogP contribution is -2.22. The second-order valence-electron chi connectivity index (χ2n) is 4.98. The van der Waals surface area contributed by atoms with E-state index in [9.17, 15) is 9.18 Å². The Kier molecular flexibility index (Phi) is 4.83. The van der Waals surface area contributed by atoms with Gasteiger partial charge in [0, 0.05) is 23.3 Å². The SMILES string of the molecule is O=C(CCc1ncc(-c2ccc(F)cc2)o1)NCc1cccs1. The number of carbonyl (C=O) groups is 1. The summed E-state index contributed by atoms with van der Waals surface area (Å²) < 4.78 is 18.5. The largest absolute Gasteiger partial charge is 0.441 e. The molecule has 6 heteroatoms. The normalized spacial score (nSPS) is 10.7. The standard InChI is InChI=1S/C17H15FN2O2S/c18-13-5-3-12(4-6-13)15-11-20-17(22-15)8-7-16(21)19-10-14-2-1-9-23-14/h1-6,9,11H,7-8,10H2,(H,19,21). The van der Waals surface area contributed by atoms with Crippen molar-refractivity contribution < 1.29 is 13.6 Å². The number of benzene rings is 1. The van der Waals surface area contributed by atoms with Crippen LogP contribution in [0, 0.1) is 5.82 Å². The van der Waals surface area contributed by atoms with Gasteiger partial charge in [0.15, 0.2) is 11.7 Å². The highest BCUT2D eigenvalue weighted by atomic mass is 32.1. The molecule has 0 atom stereocenters. The van der Waals surface area contributed by atoms with Gasteiger partial charge >= 0.3 is 0 Å². The number of thiophene rings is 1. The maximum Gasteiger partial charge on any atom is 0.220 e. The lowest BCUT2D eigenvalue weighted by atomic mass is 10.2. The van der Waals surface area contributed by atoms with Crippen molar-refractivity contribution in [2.75, 3.05) is 0 Å². The molecule has 0 aliphatic carbocycles. The van der Waals surface area contributed by atoms with Crippen LogP contribution in [-0.2, 0) is 17.8 Å². The number of halogens is 1. The van der Waals surface area contributed by atoms with Gasteiger partial charge in [-0.1, -0.05) is 6.07 Å². The molecule has 2 aromatic heterocycles. The van der Waals surface area contributed by atoms with Crippen LogP contribution in [0.1, 0.15) is 17.2 Å². The zero-order valence-electron chi connectivity index (χ0n) is 12.3. The fourth-order valence-electron chi connectivity index (χ4n) is 2.08. The van der Waals surface area contributed by atoms with E-state index in [1.807, 2.05) is 17.5 Å². The molecule has 2 heterocycles. The molecule has 3 rings (SSSR count). The third-order valence-corrected chi connectivity index (χ3v) is 4.16. The summed E-state index contributed by atoms with van der Waals surface area (Å²) >= 11 is 1.61. The van der Waals surface area contributed by atoms with Gasteiger partial charge in [-0.2, -0.15) is 0 Å². The summed E-state index contributed by atoms with van der Waals surface area (Å²) in [6, 6.07) is 9.94. The van der Waals surface area contributed by atoms with Gasteiger partial charge in [-0.05, 0) is 35.7 Å². The van der Waals surface area contributed by atoms with E-state index in [0.29, 0.717) is 31.0 Å². The molecule has 3 aromatic rings. The molecule has 1 N–H and O–H groups in total. The average molecular weight is 330 g/mol. The molecule has 0 radical (unpaired) electrons. The van der Waals surface area contributed by atoms with E-state index in [4.69, 9.17) is 4.42 Å². The highest BCUT2D eigenvalue weighted by Gasteiger charge is 2.09. The van der Waals surface area contributed by atoms with Crippen LogP contribution in [0.4, 0.5) is 4.39 Å². The first kappa shape index (κ1) is 15.4. The number of amides is 1. The highest BCUT2D eigenvalue weighted by molar-refractivity contribution is 7.09. The van der Waals surface area contributed by atoms with Gasteiger partial charge in [0.1, 0.15) is 5.82 Å². The first-order valence-corrected chi connectivity index (χ1v) is 8.08. The third-order valence-electron chi connectivity index (χ3n) is 3.29. The summed E-state index contributed by atoms with van der Waals surface area (Å²) in [4.78, 5) is 17.1. The van der Waals surface area contributed by atoms with Crippen molar-refractivity contribution in [2.24, 2.45) is 0 Å². The maximum absolute atomic E-state index is 12.9. The molecule has 0 saturated heterocycles. The molecule has 0 bridgehead atoms. The molecule has 0 unspecified atom stereocenters. The van der Waals surface area contributed by atoms with Gasteiger partial charge in [0.25, 0.3) is 0 Å². The van der Waals surface area contributed by atoms with Crippen molar-refractivity contribution in [1.82, 2.24) is 10.3 Å². The maximum atomic E-state index is 12.9. The van der Waals surface area contributed by atoms with Crippen LogP contribution >= 0.6 is 11.3 Å². The first-order chi connectivity index (χ1) is 11.2. The summed E-state index contributed by atoms with van der Waals surface area (Å²) in [6.07, 6.45) is 2.33. The van der Waals surface area contributed by atoms with Crippen LogP contribution in [0.15, 0.2) is 52.4 Å².